The van der Waals surface area contributed by atoms with Crippen molar-refractivity contribution < 1.29 is 5.11 Å². The molecule has 5 nitrogen and oxygen atoms in total. The van der Waals surface area contributed by atoms with Crippen LogP contribution in [0.25, 0.3) is 10.9 Å². The fourth-order valence-corrected chi connectivity index (χ4v) is 3.47. The van der Waals surface area contributed by atoms with Crippen molar-refractivity contribution in [3.05, 3.63) is 89.5 Å². The SMILES string of the molecule is CN(C)Cc1ccc(N=C(c2ccccc2)c2c(O)[nH]c3ccc(N)cc23)cc1. The molecule has 1 aromatic heterocycles. The Hall–Kier alpha value is -3.57. The first-order valence-corrected chi connectivity index (χ1v) is 9.49. The number of H-pyrrole nitrogens is 1. The van der Waals surface area contributed by atoms with Crippen LogP contribution in [0, 0.1) is 0 Å². The maximum atomic E-state index is 10.7. The minimum atomic E-state index is 0.0810. The average molecular weight is 384 g/mol. The Bertz CT molecular complexity index is 1160. The molecule has 0 saturated heterocycles. The second-order valence-electron chi connectivity index (χ2n) is 7.38. The van der Waals surface area contributed by atoms with Crippen LogP contribution in [0.4, 0.5) is 11.4 Å². The zero-order valence-corrected chi connectivity index (χ0v) is 16.6. The summed E-state index contributed by atoms with van der Waals surface area (Å²) in [4.78, 5) is 10.1. The maximum Gasteiger partial charge on any atom is 0.199 e. The van der Waals surface area contributed by atoms with E-state index in [-0.39, 0.29) is 5.88 Å². The Balaban J connectivity index is 1.87. The molecule has 1 heterocycles. The summed E-state index contributed by atoms with van der Waals surface area (Å²) in [5, 5.41) is 11.5. The van der Waals surface area contributed by atoms with Gasteiger partial charge in [-0.1, -0.05) is 42.5 Å². The standard InChI is InChI=1S/C24H24N4O/c1-28(2)15-16-8-11-19(12-9-16)26-23(17-6-4-3-5-7-17)22-20-14-18(25)10-13-21(20)27-24(22)29/h3-14,27,29H,15,25H2,1-2H3. The molecule has 146 valence electrons. The van der Waals surface area contributed by atoms with Gasteiger partial charge in [0.15, 0.2) is 5.88 Å². The highest BCUT2D eigenvalue weighted by Gasteiger charge is 2.18. The van der Waals surface area contributed by atoms with Crippen molar-refractivity contribution in [2.24, 2.45) is 4.99 Å². The topological polar surface area (TPSA) is 77.6 Å². The van der Waals surface area contributed by atoms with Gasteiger partial charge in [-0.3, -0.25) is 0 Å². The van der Waals surface area contributed by atoms with Crippen LogP contribution < -0.4 is 5.73 Å². The minimum absolute atomic E-state index is 0.0810. The lowest BCUT2D eigenvalue weighted by atomic mass is 10.0. The molecule has 0 amide bonds. The van der Waals surface area contributed by atoms with Crippen molar-refractivity contribution in [3.8, 4) is 5.88 Å². The lowest BCUT2D eigenvalue weighted by Gasteiger charge is -2.10. The first-order valence-electron chi connectivity index (χ1n) is 9.49. The normalized spacial score (nSPS) is 12.0. The molecule has 3 aromatic carbocycles. The van der Waals surface area contributed by atoms with Crippen LogP contribution in [0.2, 0.25) is 0 Å². The number of aromatic amines is 1. The Morgan fingerprint density at radius 3 is 2.41 bits per heavy atom. The molecule has 29 heavy (non-hydrogen) atoms. The Labute approximate surface area is 170 Å². The highest BCUT2D eigenvalue weighted by molar-refractivity contribution is 6.22. The van der Waals surface area contributed by atoms with Gasteiger partial charge in [0.05, 0.1) is 17.0 Å². The molecule has 0 bridgehead atoms. The molecule has 5 heteroatoms. The van der Waals surface area contributed by atoms with Gasteiger partial charge in [0.2, 0.25) is 0 Å². The third-order valence-corrected chi connectivity index (χ3v) is 4.76. The first-order chi connectivity index (χ1) is 14.0. The van der Waals surface area contributed by atoms with Crippen molar-refractivity contribution in [1.82, 2.24) is 9.88 Å². The predicted octanol–water partition coefficient (Wildman–Crippen LogP) is 4.69. The number of aromatic hydroxyl groups is 1. The second-order valence-corrected chi connectivity index (χ2v) is 7.38. The van der Waals surface area contributed by atoms with Crippen LogP contribution >= 0.6 is 0 Å². The summed E-state index contributed by atoms with van der Waals surface area (Å²) in [7, 11) is 4.09. The van der Waals surface area contributed by atoms with Crippen molar-refractivity contribution in [2.45, 2.75) is 6.54 Å². The number of hydrogen-bond donors (Lipinski definition) is 3. The van der Waals surface area contributed by atoms with Gasteiger partial charge < -0.3 is 20.7 Å². The Kier molecular flexibility index (Phi) is 5.06. The largest absolute Gasteiger partial charge is 0.494 e. The molecular weight excluding hydrogens is 360 g/mol. The van der Waals surface area contributed by atoms with E-state index in [1.54, 1.807) is 0 Å². The summed E-state index contributed by atoms with van der Waals surface area (Å²) < 4.78 is 0. The number of aromatic nitrogens is 1. The number of nitrogen functional groups attached to an aromatic ring is 1. The summed E-state index contributed by atoms with van der Waals surface area (Å²) in [6, 6.07) is 23.6. The summed E-state index contributed by atoms with van der Waals surface area (Å²) in [6.45, 7) is 0.873. The summed E-state index contributed by atoms with van der Waals surface area (Å²) in [5.74, 6) is 0.0810. The summed E-state index contributed by atoms with van der Waals surface area (Å²) >= 11 is 0. The van der Waals surface area contributed by atoms with E-state index >= 15 is 0 Å². The maximum absolute atomic E-state index is 10.7. The lowest BCUT2D eigenvalue weighted by Crippen LogP contribution is -2.10. The molecule has 4 rings (SSSR count). The fourth-order valence-electron chi connectivity index (χ4n) is 3.47. The van der Waals surface area contributed by atoms with E-state index in [1.807, 2.05) is 74.8 Å². The van der Waals surface area contributed by atoms with Gasteiger partial charge >= 0.3 is 0 Å². The fraction of sp³-hybridized carbons (Fsp3) is 0.125. The molecule has 0 radical (unpaired) electrons. The number of rotatable bonds is 5. The molecule has 4 aromatic rings. The molecule has 0 atom stereocenters. The number of nitrogens with two attached hydrogens (primary N) is 1. The number of aliphatic imine (C=N–C) groups is 1. The number of fused-ring (bicyclic) bond motifs is 1. The first kappa shape index (κ1) is 18.8. The van der Waals surface area contributed by atoms with Crippen LogP contribution in [-0.4, -0.2) is 34.8 Å². The highest BCUT2D eigenvalue weighted by Crippen LogP contribution is 2.32. The molecule has 4 N–H and O–H groups in total. The number of hydrogen-bond acceptors (Lipinski definition) is 4. The molecule has 0 fully saturated rings. The second kappa shape index (κ2) is 7.81. The van der Waals surface area contributed by atoms with Gasteiger partial charge in [-0.15, -0.1) is 0 Å². The van der Waals surface area contributed by atoms with Crippen LogP contribution in [0.5, 0.6) is 5.88 Å². The van der Waals surface area contributed by atoms with Crippen molar-refractivity contribution in [2.75, 3.05) is 19.8 Å². The van der Waals surface area contributed by atoms with E-state index in [0.717, 1.165) is 28.7 Å². The lowest BCUT2D eigenvalue weighted by molar-refractivity contribution is 0.402. The Morgan fingerprint density at radius 1 is 1.00 bits per heavy atom. The van der Waals surface area contributed by atoms with Gasteiger partial charge in [-0.25, -0.2) is 4.99 Å². The van der Waals surface area contributed by atoms with Crippen LogP contribution in [0.1, 0.15) is 16.7 Å². The molecule has 0 spiro atoms. The molecular formula is C24H24N4O. The van der Waals surface area contributed by atoms with Crippen molar-refractivity contribution >= 4 is 28.0 Å². The predicted molar refractivity (Wildman–Crippen MR) is 120 cm³/mol. The molecule has 0 aliphatic heterocycles. The molecule has 0 aliphatic carbocycles. The smallest absolute Gasteiger partial charge is 0.199 e. The van der Waals surface area contributed by atoms with Gasteiger partial charge in [0.25, 0.3) is 0 Å². The van der Waals surface area contributed by atoms with E-state index in [1.165, 1.54) is 5.56 Å². The molecule has 0 saturated carbocycles. The van der Waals surface area contributed by atoms with E-state index in [9.17, 15) is 5.11 Å². The monoisotopic (exact) mass is 384 g/mol. The molecule has 0 aliphatic rings. The summed E-state index contributed by atoms with van der Waals surface area (Å²) in [6.07, 6.45) is 0. The molecule has 0 unspecified atom stereocenters. The number of nitrogens with one attached hydrogen (secondary N) is 1. The van der Waals surface area contributed by atoms with Crippen molar-refractivity contribution in [3.63, 3.8) is 0 Å². The highest BCUT2D eigenvalue weighted by atomic mass is 16.3. The quantitative estimate of drug-likeness (QED) is 0.345. The Morgan fingerprint density at radius 2 is 1.72 bits per heavy atom. The minimum Gasteiger partial charge on any atom is -0.494 e. The number of nitrogens with zero attached hydrogens (tertiary/aromatic N) is 2. The average Bonchev–Trinajstić information content (AvgIpc) is 3.02. The number of anilines is 1. The van der Waals surface area contributed by atoms with Crippen LogP contribution in [0.3, 0.4) is 0 Å². The van der Waals surface area contributed by atoms with Gasteiger partial charge in [-0.2, -0.15) is 0 Å². The summed E-state index contributed by atoms with van der Waals surface area (Å²) in [5.41, 5.74) is 11.8. The van der Waals surface area contributed by atoms with Crippen molar-refractivity contribution in [1.29, 1.82) is 0 Å². The number of benzene rings is 3. The van der Waals surface area contributed by atoms with Gasteiger partial charge in [0, 0.05) is 28.7 Å². The van der Waals surface area contributed by atoms with Gasteiger partial charge in [0.1, 0.15) is 0 Å². The third kappa shape index (κ3) is 4.00. The third-order valence-electron chi connectivity index (χ3n) is 4.76. The van der Waals surface area contributed by atoms with Crippen LogP contribution in [0.15, 0.2) is 77.8 Å². The zero-order valence-electron chi connectivity index (χ0n) is 16.6. The van der Waals surface area contributed by atoms with E-state index in [4.69, 9.17) is 10.7 Å². The van der Waals surface area contributed by atoms with Gasteiger partial charge in [-0.05, 0) is 50.0 Å². The van der Waals surface area contributed by atoms with E-state index in [2.05, 4.69) is 22.0 Å². The zero-order chi connectivity index (χ0) is 20.4. The van der Waals surface area contributed by atoms with E-state index < -0.39 is 0 Å². The van der Waals surface area contributed by atoms with Crippen LogP contribution in [-0.2, 0) is 6.54 Å². The van der Waals surface area contributed by atoms with E-state index in [0.29, 0.717) is 17.0 Å².